The summed E-state index contributed by atoms with van der Waals surface area (Å²) in [5, 5.41) is 2.71. The van der Waals surface area contributed by atoms with Crippen molar-refractivity contribution in [1.29, 1.82) is 0 Å². The van der Waals surface area contributed by atoms with Crippen LogP contribution in [0.15, 0.2) is 42.5 Å². The van der Waals surface area contributed by atoms with E-state index in [1.807, 2.05) is 56.3 Å². The van der Waals surface area contributed by atoms with Crippen LogP contribution >= 0.6 is 0 Å². The molecule has 5 nitrogen and oxygen atoms in total. The van der Waals surface area contributed by atoms with Crippen LogP contribution in [0.5, 0.6) is 5.75 Å². The molecule has 0 atom stereocenters. The molecule has 1 amide bonds. The summed E-state index contributed by atoms with van der Waals surface area (Å²) in [5.41, 5.74) is 3.72. The van der Waals surface area contributed by atoms with Crippen LogP contribution in [0.3, 0.4) is 0 Å². The predicted octanol–water partition coefficient (Wildman–Crippen LogP) is 3.20. The standard InChI is InChI=1S/C17H17N3O2/c1-11-6-5-7-12(2)16(11)22-10-15(21)20-17-18-13-8-3-4-9-14(13)19-17/h3-9H,10H2,1-2H3,(H2,18,19,20,21). The highest BCUT2D eigenvalue weighted by atomic mass is 16.5. The van der Waals surface area contributed by atoms with Crippen LogP contribution in [0.25, 0.3) is 11.0 Å². The average Bonchev–Trinajstić information content (AvgIpc) is 2.88. The maximum atomic E-state index is 12.0. The summed E-state index contributed by atoms with van der Waals surface area (Å²) in [6, 6.07) is 13.5. The van der Waals surface area contributed by atoms with E-state index in [-0.39, 0.29) is 12.5 Å². The number of anilines is 1. The molecule has 5 heteroatoms. The monoisotopic (exact) mass is 295 g/mol. The van der Waals surface area contributed by atoms with Crippen molar-refractivity contribution in [3.63, 3.8) is 0 Å². The molecule has 3 rings (SSSR count). The van der Waals surface area contributed by atoms with E-state index < -0.39 is 0 Å². The molecular weight excluding hydrogens is 278 g/mol. The number of nitrogens with zero attached hydrogens (tertiary/aromatic N) is 1. The molecule has 1 heterocycles. The van der Waals surface area contributed by atoms with Crippen molar-refractivity contribution >= 4 is 22.9 Å². The van der Waals surface area contributed by atoms with Crippen molar-refractivity contribution in [3.05, 3.63) is 53.6 Å². The fourth-order valence-electron chi connectivity index (χ4n) is 2.34. The van der Waals surface area contributed by atoms with E-state index in [1.165, 1.54) is 0 Å². The first-order chi connectivity index (χ1) is 10.6. The van der Waals surface area contributed by atoms with Gasteiger partial charge in [-0.3, -0.25) is 10.1 Å². The summed E-state index contributed by atoms with van der Waals surface area (Å²) in [6.45, 7) is 3.86. The molecule has 0 aliphatic carbocycles. The van der Waals surface area contributed by atoms with Crippen LogP contribution in [0.1, 0.15) is 11.1 Å². The number of hydrogen-bond donors (Lipinski definition) is 2. The van der Waals surface area contributed by atoms with Crippen molar-refractivity contribution in [2.75, 3.05) is 11.9 Å². The molecule has 112 valence electrons. The number of amides is 1. The van der Waals surface area contributed by atoms with E-state index >= 15 is 0 Å². The van der Waals surface area contributed by atoms with Crippen LogP contribution in [0.2, 0.25) is 0 Å². The minimum atomic E-state index is -0.248. The number of aromatic nitrogens is 2. The summed E-state index contributed by atoms with van der Waals surface area (Å²) in [4.78, 5) is 19.3. The summed E-state index contributed by atoms with van der Waals surface area (Å²) >= 11 is 0. The Hall–Kier alpha value is -2.82. The van der Waals surface area contributed by atoms with Gasteiger partial charge in [0.25, 0.3) is 5.91 Å². The van der Waals surface area contributed by atoms with Gasteiger partial charge in [0.15, 0.2) is 6.61 Å². The van der Waals surface area contributed by atoms with Gasteiger partial charge in [0.1, 0.15) is 5.75 Å². The van der Waals surface area contributed by atoms with Crippen LogP contribution in [0, 0.1) is 13.8 Å². The number of fused-ring (bicyclic) bond motifs is 1. The number of aromatic amines is 1. The third-order valence-corrected chi connectivity index (χ3v) is 3.40. The predicted molar refractivity (Wildman–Crippen MR) is 86.1 cm³/mol. The number of rotatable bonds is 4. The van der Waals surface area contributed by atoms with Gasteiger partial charge in [0.2, 0.25) is 5.95 Å². The van der Waals surface area contributed by atoms with Crippen molar-refractivity contribution in [3.8, 4) is 5.75 Å². The number of aryl methyl sites for hydroxylation is 2. The Labute approximate surface area is 128 Å². The molecule has 0 saturated carbocycles. The van der Waals surface area contributed by atoms with E-state index in [9.17, 15) is 4.79 Å². The molecule has 22 heavy (non-hydrogen) atoms. The van der Waals surface area contributed by atoms with Gasteiger partial charge >= 0.3 is 0 Å². The highest BCUT2D eigenvalue weighted by Gasteiger charge is 2.09. The number of hydrogen-bond acceptors (Lipinski definition) is 3. The van der Waals surface area contributed by atoms with E-state index in [1.54, 1.807) is 0 Å². The van der Waals surface area contributed by atoms with Gasteiger partial charge in [0.05, 0.1) is 11.0 Å². The largest absolute Gasteiger partial charge is 0.483 e. The van der Waals surface area contributed by atoms with Gasteiger partial charge in [-0.15, -0.1) is 0 Å². The summed E-state index contributed by atoms with van der Waals surface area (Å²) in [7, 11) is 0. The third kappa shape index (κ3) is 2.93. The average molecular weight is 295 g/mol. The minimum Gasteiger partial charge on any atom is -0.483 e. The number of ether oxygens (including phenoxy) is 1. The van der Waals surface area contributed by atoms with Crippen LogP contribution < -0.4 is 10.1 Å². The van der Waals surface area contributed by atoms with Gasteiger partial charge in [0, 0.05) is 0 Å². The van der Waals surface area contributed by atoms with E-state index in [0.29, 0.717) is 5.95 Å². The number of imidazole rings is 1. The number of carbonyl (C=O) groups excluding carboxylic acids is 1. The lowest BCUT2D eigenvalue weighted by atomic mass is 10.1. The summed E-state index contributed by atoms with van der Waals surface area (Å²) in [6.07, 6.45) is 0. The van der Waals surface area contributed by atoms with Gasteiger partial charge in [-0.1, -0.05) is 30.3 Å². The fourth-order valence-corrected chi connectivity index (χ4v) is 2.34. The molecule has 0 fully saturated rings. The Balaban J connectivity index is 1.65. The Morgan fingerprint density at radius 2 is 1.86 bits per heavy atom. The molecule has 0 unspecified atom stereocenters. The maximum Gasteiger partial charge on any atom is 0.264 e. The van der Waals surface area contributed by atoms with E-state index in [4.69, 9.17) is 4.74 Å². The van der Waals surface area contributed by atoms with E-state index in [0.717, 1.165) is 27.9 Å². The van der Waals surface area contributed by atoms with Crippen molar-refractivity contribution in [1.82, 2.24) is 9.97 Å². The minimum absolute atomic E-state index is 0.0528. The molecule has 0 spiro atoms. The molecule has 0 aliphatic rings. The highest BCUT2D eigenvalue weighted by molar-refractivity contribution is 5.92. The first-order valence-electron chi connectivity index (χ1n) is 7.07. The number of carbonyl (C=O) groups is 1. The second-order valence-electron chi connectivity index (χ2n) is 5.16. The summed E-state index contributed by atoms with van der Waals surface area (Å²) < 4.78 is 5.62. The van der Waals surface area contributed by atoms with Crippen LogP contribution in [-0.4, -0.2) is 22.5 Å². The lowest BCUT2D eigenvalue weighted by molar-refractivity contribution is -0.118. The molecule has 2 aromatic carbocycles. The fraction of sp³-hybridized carbons (Fsp3) is 0.176. The first kappa shape index (κ1) is 14.1. The smallest absolute Gasteiger partial charge is 0.264 e. The molecule has 1 aromatic heterocycles. The molecule has 0 aliphatic heterocycles. The number of benzene rings is 2. The van der Waals surface area contributed by atoms with Crippen LogP contribution in [0.4, 0.5) is 5.95 Å². The molecular formula is C17H17N3O2. The van der Waals surface area contributed by atoms with Crippen molar-refractivity contribution in [2.24, 2.45) is 0 Å². The topological polar surface area (TPSA) is 67.0 Å². The van der Waals surface area contributed by atoms with Gasteiger partial charge in [-0.2, -0.15) is 0 Å². The molecule has 3 aromatic rings. The number of nitrogens with one attached hydrogen (secondary N) is 2. The molecule has 2 N–H and O–H groups in total. The SMILES string of the molecule is Cc1cccc(C)c1OCC(=O)Nc1nc2ccccc2[nH]1. The zero-order valence-electron chi connectivity index (χ0n) is 12.5. The molecule has 0 bridgehead atoms. The van der Waals surface area contributed by atoms with E-state index in [2.05, 4.69) is 15.3 Å². The quantitative estimate of drug-likeness (QED) is 0.776. The van der Waals surface area contributed by atoms with Gasteiger partial charge < -0.3 is 9.72 Å². The zero-order valence-corrected chi connectivity index (χ0v) is 12.5. The molecule has 0 saturated heterocycles. The Kier molecular flexibility index (Phi) is 3.78. The lowest BCUT2D eigenvalue weighted by Gasteiger charge is -2.11. The van der Waals surface area contributed by atoms with Gasteiger partial charge in [-0.25, -0.2) is 4.98 Å². The second kappa shape index (κ2) is 5.89. The first-order valence-corrected chi connectivity index (χ1v) is 7.07. The Morgan fingerprint density at radius 3 is 2.59 bits per heavy atom. The lowest BCUT2D eigenvalue weighted by Crippen LogP contribution is -2.21. The number of para-hydroxylation sites is 3. The third-order valence-electron chi connectivity index (χ3n) is 3.40. The zero-order chi connectivity index (χ0) is 15.5. The Bertz CT molecular complexity index is 770. The normalized spacial score (nSPS) is 10.6. The van der Waals surface area contributed by atoms with Gasteiger partial charge in [-0.05, 0) is 37.1 Å². The van der Waals surface area contributed by atoms with Crippen LogP contribution in [-0.2, 0) is 4.79 Å². The highest BCUT2D eigenvalue weighted by Crippen LogP contribution is 2.22. The second-order valence-corrected chi connectivity index (χ2v) is 5.16. The summed E-state index contributed by atoms with van der Waals surface area (Å²) in [5.74, 6) is 0.931. The van der Waals surface area contributed by atoms with Crippen molar-refractivity contribution < 1.29 is 9.53 Å². The van der Waals surface area contributed by atoms with Crippen molar-refractivity contribution in [2.45, 2.75) is 13.8 Å². The number of H-pyrrole nitrogens is 1. The maximum absolute atomic E-state index is 12.0. The Morgan fingerprint density at radius 1 is 1.14 bits per heavy atom. The molecule has 0 radical (unpaired) electrons.